The van der Waals surface area contributed by atoms with Gasteiger partial charge in [0.25, 0.3) is 5.91 Å². The lowest BCUT2D eigenvalue weighted by Crippen LogP contribution is -2.32. The molecule has 2 aromatic carbocycles. The lowest BCUT2D eigenvalue weighted by Gasteiger charge is -2.24. The smallest absolute Gasteiger partial charge is 0.313 e. The topological polar surface area (TPSA) is 82.5 Å². The van der Waals surface area contributed by atoms with Crippen molar-refractivity contribution in [2.24, 2.45) is 5.92 Å². The van der Waals surface area contributed by atoms with Gasteiger partial charge in [0, 0.05) is 5.02 Å². The third-order valence-electron chi connectivity index (χ3n) is 5.16. The molecule has 0 bridgehead atoms. The number of halogens is 1. The summed E-state index contributed by atoms with van der Waals surface area (Å²) in [5.74, 6) is -0.669. The highest BCUT2D eigenvalue weighted by Crippen LogP contribution is 2.30. The Morgan fingerprint density at radius 3 is 2.77 bits per heavy atom. The summed E-state index contributed by atoms with van der Waals surface area (Å²) in [5.41, 5.74) is 3.82. The first-order valence-corrected chi connectivity index (χ1v) is 10.3. The van der Waals surface area contributed by atoms with E-state index in [0.29, 0.717) is 28.6 Å². The number of rotatable bonds is 5. The molecule has 2 heterocycles. The highest BCUT2D eigenvalue weighted by molar-refractivity contribution is 6.30. The molecule has 1 atom stereocenters. The Balaban J connectivity index is 1.36. The lowest BCUT2D eigenvalue weighted by atomic mass is 9.97. The van der Waals surface area contributed by atoms with Gasteiger partial charge in [-0.05, 0) is 56.2 Å². The predicted octanol–water partition coefficient (Wildman–Crippen LogP) is 3.88. The molecule has 0 aliphatic carbocycles. The zero-order chi connectivity index (χ0) is 22.0. The molecule has 160 valence electrons. The second-order valence-corrected chi connectivity index (χ2v) is 7.85. The zero-order valence-electron chi connectivity index (χ0n) is 17.2. The molecular weight excluding hydrogens is 418 g/mol. The van der Waals surface area contributed by atoms with Gasteiger partial charge in [-0.25, -0.2) is 4.68 Å². The summed E-state index contributed by atoms with van der Waals surface area (Å²) in [7, 11) is 0. The molecule has 1 amide bonds. The van der Waals surface area contributed by atoms with E-state index in [0.717, 1.165) is 16.9 Å². The molecule has 1 N–H and O–H groups in total. The second-order valence-electron chi connectivity index (χ2n) is 7.41. The molecule has 8 heteroatoms. The fraction of sp³-hybridized carbons (Fsp3) is 0.261. The first-order valence-electron chi connectivity index (χ1n) is 9.91. The largest absolute Gasteiger partial charge is 0.492 e. The fourth-order valence-electron chi connectivity index (χ4n) is 3.59. The van der Waals surface area contributed by atoms with Gasteiger partial charge in [0.1, 0.15) is 12.4 Å². The van der Waals surface area contributed by atoms with Crippen molar-refractivity contribution in [3.05, 3.63) is 70.5 Å². The normalized spacial score (nSPS) is 15.0. The van der Waals surface area contributed by atoms with Gasteiger partial charge in [0.2, 0.25) is 0 Å². The van der Waals surface area contributed by atoms with Crippen LogP contribution in [0.1, 0.15) is 17.0 Å². The summed E-state index contributed by atoms with van der Waals surface area (Å²) in [6.07, 6.45) is 0.457. The third kappa shape index (κ3) is 4.56. The summed E-state index contributed by atoms with van der Waals surface area (Å²) in [4.78, 5) is 24.9. The van der Waals surface area contributed by atoms with Gasteiger partial charge >= 0.3 is 5.97 Å². The summed E-state index contributed by atoms with van der Waals surface area (Å²) >= 11 is 6.02. The van der Waals surface area contributed by atoms with E-state index in [2.05, 4.69) is 10.4 Å². The average molecular weight is 440 g/mol. The first kappa shape index (κ1) is 20.9. The van der Waals surface area contributed by atoms with Crippen LogP contribution in [0, 0.1) is 19.8 Å². The van der Waals surface area contributed by atoms with Gasteiger partial charge < -0.3 is 14.8 Å². The lowest BCUT2D eigenvalue weighted by molar-refractivity contribution is -0.152. The molecule has 0 radical (unpaired) electrons. The van der Waals surface area contributed by atoms with E-state index in [1.54, 1.807) is 22.9 Å². The number of benzene rings is 2. The monoisotopic (exact) mass is 439 g/mol. The number of esters is 1. The minimum Gasteiger partial charge on any atom is -0.492 e. The van der Waals surface area contributed by atoms with Gasteiger partial charge in [-0.3, -0.25) is 9.59 Å². The Labute approximate surface area is 184 Å². The maximum atomic E-state index is 12.4. The molecular formula is C23H22ClN3O4. The Morgan fingerprint density at radius 2 is 2.00 bits per heavy atom. The van der Waals surface area contributed by atoms with Gasteiger partial charge in [-0.1, -0.05) is 29.8 Å². The SMILES string of the molecule is Cc1nn(-c2ccccc2)c(C)c1NC(=O)COC(=O)C1COc2ccc(Cl)cc2C1. The molecule has 0 fully saturated rings. The van der Waals surface area contributed by atoms with E-state index in [1.807, 2.05) is 44.2 Å². The molecule has 0 spiro atoms. The number of carbonyl (C=O) groups is 2. The van der Waals surface area contributed by atoms with Crippen molar-refractivity contribution in [3.63, 3.8) is 0 Å². The van der Waals surface area contributed by atoms with Gasteiger partial charge in [0.05, 0.1) is 28.7 Å². The van der Waals surface area contributed by atoms with E-state index < -0.39 is 17.8 Å². The van der Waals surface area contributed by atoms with E-state index in [-0.39, 0.29) is 13.2 Å². The van der Waals surface area contributed by atoms with Crippen molar-refractivity contribution >= 4 is 29.2 Å². The minimum absolute atomic E-state index is 0.206. The zero-order valence-corrected chi connectivity index (χ0v) is 18.0. The van der Waals surface area contributed by atoms with Crippen molar-refractivity contribution < 1.29 is 19.1 Å². The second kappa shape index (κ2) is 8.81. The maximum absolute atomic E-state index is 12.4. The molecule has 1 aromatic heterocycles. The maximum Gasteiger partial charge on any atom is 0.313 e. The summed E-state index contributed by atoms with van der Waals surface area (Å²) in [5, 5.41) is 7.88. The van der Waals surface area contributed by atoms with Crippen LogP contribution >= 0.6 is 11.6 Å². The van der Waals surface area contributed by atoms with Crippen molar-refractivity contribution in [1.82, 2.24) is 9.78 Å². The summed E-state index contributed by atoms with van der Waals surface area (Å²) in [6, 6.07) is 14.9. The van der Waals surface area contributed by atoms with Crippen molar-refractivity contribution in [1.29, 1.82) is 0 Å². The van der Waals surface area contributed by atoms with Crippen LogP contribution in [0.2, 0.25) is 5.02 Å². The number of anilines is 1. The highest BCUT2D eigenvalue weighted by atomic mass is 35.5. The number of hydrogen-bond acceptors (Lipinski definition) is 5. The minimum atomic E-state index is -0.483. The number of para-hydroxylation sites is 1. The van der Waals surface area contributed by atoms with E-state index in [1.165, 1.54) is 0 Å². The van der Waals surface area contributed by atoms with Crippen LogP contribution in [0.25, 0.3) is 5.69 Å². The van der Waals surface area contributed by atoms with Gasteiger partial charge in [-0.15, -0.1) is 0 Å². The van der Waals surface area contributed by atoms with Crippen LogP contribution in [-0.2, 0) is 20.7 Å². The van der Waals surface area contributed by atoms with Crippen LogP contribution in [0.4, 0.5) is 5.69 Å². The number of aryl methyl sites for hydroxylation is 1. The van der Waals surface area contributed by atoms with E-state index in [4.69, 9.17) is 21.1 Å². The van der Waals surface area contributed by atoms with Crippen LogP contribution in [0.3, 0.4) is 0 Å². The van der Waals surface area contributed by atoms with Crippen molar-refractivity contribution in [3.8, 4) is 11.4 Å². The number of nitrogens with zero attached hydrogens (tertiary/aromatic N) is 2. The molecule has 4 rings (SSSR count). The standard InChI is InChI=1S/C23H22ClN3O4/c1-14-22(15(2)27(26-14)19-6-4-3-5-7-19)25-21(28)13-31-23(29)17-10-16-11-18(24)8-9-20(16)30-12-17/h3-9,11,17H,10,12-13H2,1-2H3,(H,25,28). The average Bonchev–Trinajstić information content (AvgIpc) is 3.05. The number of aromatic nitrogens is 2. The molecule has 0 saturated heterocycles. The molecule has 1 aliphatic heterocycles. The quantitative estimate of drug-likeness (QED) is 0.610. The van der Waals surface area contributed by atoms with Crippen LogP contribution in [-0.4, -0.2) is 34.9 Å². The summed E-state index contributed by atoms with van der Waals surface area (Å²) in [6.45, 7) is 3.51. The number of fused-ring (bicyclic) bond motifs is 1. The Kier molecular flexibility index (Phi) is 5.95. The Hall–Kier alpha value is -3.32. The molecule has 1 unspecified atom stereocenters. The van der Waals surface area contributed by atoms with Gasteiger partial charge in [0.15, 0.2) is 6.61 Å². The number of amides is 1. The van der Waals surface area contributed by atoms with Crippen molar-refractivity contribution in [2.45, 2.75) is 20.3 Å². The predicted molar refractivity (Wildman–Crippen MR) is 117 cm³/mol. The molecule has 31 heavy (non-hydrogen) atoms. The van der Waals surface area contributed by atoms with E-state index >= 15 is 0 Å². The third-order valence-corrected chi connectivity index (χ3v) is 5.40. The first-order chi connectivity index (χ1) is 14.9. The Morgan fingerprint density at radius 1 is 1.23 bits per heavy atom. The van der Waals surface area contributed by atoms with Crippen LogP contribution in [0.5, 0.6) is 5.75 Å². The molecule has 1 aliphatic rings. The number of hydrogen-bond donors (Lipinski definition) is 1. The molecule has 3 aromatic rings. The van der Waals surface area contributed by atoms with Crippen LogP contribution < -0.4 is 10.1 Å². The van der Waals surface area contributed by atoms with Crippen LogP contribution in [0.15, 0.2) is 48.5 Å². The van der Waals surface area contributed by atoms with Crippen molar-refractivity contribution in [2.75, 3.05) is 18.5 Å². The fourth-order valence-corrected chi connectivity index (χ4v) is 3.78. The number of ether oxygens (including phenoxy) is 2. The summed E-state index contributed by atoms with van der Waals surface area (Å²) < 4.78 is 12.6. The number of nitrogens with one attached hydrogen (secondary N) is 1. The van der Waals surface area contributed by atoms with Gasteiger partial charge in [-0.2, -0.15) is 5.10 Å². The van der Waals surface area contributed by atoms with E-state index in [9.17, 15) is 9.59 Å². The number of carbonyl (C=O) groups excluding carboxylic acids is 2. The molecule has 0 saturated carbocycles. The highest BCUT2D eigenvalue weighted by Gasteiger charge is 2.28. The Bertz CT molecular complexity index is 1130. The molecule has 7 nitrogen and oxygen atoms in total.